The fourth-order valence-corrected chi connectivity index (χ4v) is 2.51. The largest absolute Gasteiger partial charge is 0.207 e. The molecule has 0 aliphatic rings. The van der Waals surface area contributed by atoms with E-state index >= 15 is 0 Å². The van der Waals surface area contributed by atoms with Crippen molar-refractivity contribution >= 4 is 0 Å². The molecule has 2 atom stereocenters. The summed E-state index contributed by atoms with van der Waals surface area (Å²) in [5, 5.41) is 0. The third-order valence-corrected chi connectivity index (χ3v) is 3.85. The Bertz CT molecular complexity index is 523. The molecule has 0 nitrogen and oxygen atoms in total. The Kier molecular flexibility index (Phi) is 5.94. The van der Waals surface area contributed by atoms with Crippen LogP contribution in [0.15, 0.2) is 54.7 Å². The Morgan fingerprint density at radius 3 is 2.50 bits per heavy atom. The zero-order valence-electron chi connectivity index (χ0n) is 13.0. The van der Waals surface area contributed by atoms with E-state index in [4.69, 9.17) is 0 Å². The summed E-state index contributed by atoms with van der Waals surface area (Å²) in [4.78, 5) is 0. The lowest BCUT2D eigenvalue weighted by atomic mass is 9.79. The molecular formula is C19H25F. The third-order valence-electron chi connectivity index (χ3n) is 3.85. The topological polar surface area (TPSA) is 0 Å². The van der Waals surface area contributed by atoms with E-state index in [1.54, 1.807) is 6.07 Å². The van der Waals surface area contributed by atoms with Gasteiger partial charge in [-0.2, -0.15) is 0 Å². The van der Waals surface area contributed by atoms with Crippen LogP contribution >= 0.6 is 0 Å². The van der Waals surface area contributed by atoms with E-state index in [0.717, 1.165) is 28.7 Å². The van der Waals surface area contributed by atoms with Crippen molar-refractivity contribution in [3.05, 3.63) is 71.6 Å². The highest BCUT2D eigenvalue weighted by atomic mass is 19.1. The summed E-state index contributed by atoms with van der Waals surface area (Å²) in [5.74, 6) is 0.392. The van der Waals surface area contributed by atoms with Gasteiger partial charge in [0.1, 0.15) is 5.82 Å². The SMILES string of the molecule is C=C(C)/C=C\C(=C)C(C)C(CC)c1cc(F)ccc1C. The molecule has 108 valence electrons. The lowest BCUT2D eigenvalue weighted by molar-refractivity contribution is 0.509. The highest BCUT2D eigenvalue weighted by Crippen LogP contribution is 2.34. The maximum absolute atomic E-state index is 13.5. The normalized spacial score (nSPS) is 14.2. The minimum atomic E-state index is -0.167. The average molecular weight is 272 g/mol. The fourth-order valence-electron chi connectivity index (χ4n) is 2.51. The molecular weight excluding hydrogens is 247 g/mol. The van der Waals surface area contributed by atoms with E-state index in [-0.39, 0.29) is 17.7 Å². The second-order valence-electron chi connectivity index (χ2n) is 5.56. The van der Waals surface area contributed by atoms with Gasteiger partial charge in [-0.1, -0.05) is 56.4 Å². The van der Waals surface area contributed by atoms with Gasteiger partial charge in [0, 0.05) is 0 Å². The van der Waals surface area contributed by atoms with Gasteiger partial charge in [0.15, 0.2) is 0 Å². The van der Waals surface area contributed by atoms with Crippen molar-refractivity contribution in [2.24, 2.45) is 5.92 Å². The number of hydrogen-bond donors (Lipinski definition) is 0. The molecule has 0 aromatic heterocycles. The quantitative estimate of drug-likeness (QED) is 0.561. The smallest absolute Gasteiger partial charge is 0.123 e. The van der Waals surface area contributed by atoms with Crippen molar-refractivity contribution in [3.8, 4) is 0 Å². The van der Waals surface area contributed by atoms with Crippen LogP contribution in [0.4, 0.5) is 4.39 Å². The number of aryl methyl sites for hydroxylation is 1. The van der Waals surface area contributed by atoms with Gasteiger partial charge in [-0.25, -0.2) is 4.39 Å². The summed E-state index contributed by atoms with van der Waals surface area (Å²) < 4.78 is 13.5. The number of allylic oxidation sites excluding steroid dienone is 4. The van der Waals surface area contributed by atoms with Gasteiger partial charge < -0.3 is 0 Å². The minimum absolute atomic E-state index is 0.167. The number of rotatable bonds is 6. The standard InChI is InChI=1S/C19H25F/c1-7-18(16(6)14(4)9-8-13(2)3)19-12-17(20)11-10-15(19)5/h8-12,16,18H,2,4,7H2,1,3,5-6H3/b9-8-. The highest BCUT2D eigenvalue weighted by molar-refractivity contribution is 5.34. The zero-order chi connectivity index (χ0) is 15.3. The van der Waals surface area contributed by atoms with Crippen LogP contribution in [-0.4, -0.2) is 0 Å². The Labute approximate surface area is 122 Å². The second-order valence-corrected chi connectivity index (χ2v) is 5.56. The molecule has 0 saturated heterocycles. The number of benzene rings is 1. The van der Waals surface area contributed by atoms with E-state index in [0.29, 0.717) is 0 Å². The van der Waals surface area contributed by atoms with Crippen LogP contribution in [0, 0.1) is 18.7 Å². The molecule has 0 N–H and O–H groups in total. The molecule has 20 heavy (non-hydrogen) atoms. The molecule has 1 heteroatoms. The Balaban J connectivity index is 3.03. The van der Waals surface area contributed by atoms with Crippen LogP contribution in [0.3, 0.4) is 0 Å². The van der Waals surface area contributed by atoms with Crippen molar-refractivity contribution in [1.29, 1.82) is 0 Å². The molecule has 0 amide bonds. The second kappa shape index (κ2) is 7.23. The predicted molar refractivity (Wildman–Crippen MR) is 86.4 cm³/mol. The summed E-state index contributed by atoms with van der Waals surface area (Å²) in [5.41, 5.74) is 4.29. The van der Waals surface area contributed by atoms with Crippen LogP contribution in [0.5, 0.6) is 0 Å². The van der Waals surface area contributed by atoms with Crippen LogP contribution < -0.4 is 0 Å². The lowest BCUT2D eigenvalue weighted by Crippen LogP contribution is -2.12. The predicted octanol–water partition coefficient (Wildman–Crippen LogP) is 5.95. The van der Waals surface area contributed by atoms with Crippen molar-refractivity contribution in [1.82, 2.24) is 0 Å². The molecule has 0 bridgehead atoms. The van der Waals surface area contributed by atoms with E-state index in [1.165, 1.54) is 6.07 Å². The maximum atomic E-state index is 13.5. The molecule has 1 aromatic rings. The molecule has 0 spiro atoms. The van der Waals surface area contributed by atoms with Crippen LogP contribution in [-0.2, 0) is 0 Å². The molecule has 0 aliphatic carbocycles. The van der Waals surface area contributed by atoms with E-state index in [9.17, 15) is 4.39 Å². The zero-order valence-corrected chi connectivity index (χ0v) is 13.0. The molecule has 0 radical (unpaired) electrons. The molecule has 1 rings (SSSR count). The first kappa shape index (κ1) is 16.4. The molecule has 0 saturated carbocycles. The summed E-state index contributed by atoms with van der Waals surface area (Å²) in [6.07, 6.45) is 4.96. The van der Waals surface area contributed by atoms with E-state index in [1.807, 2.05) is 32.1 Å². The summed E-state index contributed by atoms with van der Waals surface area (Å²) in [7, 11) is 0. The maximum Gasteiger partial charge on any atom is 0.123 e. The van der Waals surface area contributed by atoms with E-state index < -0.39 is 0 Å². The van der Waals surface area contributed by atoms with Gasteiger partial charge >= 0.3 is 0 Å². The number of hydrogen-bond acceptors (Lipinski definition) is 0. The van der Waals surface area contributed by atoms with Gasteiger partial charge in [0.25, 0.3) is 0 Å². The van der Waals surface area contributed by atoms with Crippen LogP contribution in [0.25, 0.3) is 0 Å². The first-order valence-corrected chi connectivity index (χ1v) is 7.15. The van der Waals surface area contributed by atoms with Crippen LogP contribution in [0.1, 0.15) is 44.2 Å². The fraction of sp³-hybridized carbons (Fsp3) is 0.368. The van der Waals surface area contributed by atoms with Crippen molar-refractivity contribution in [2.75, 3.05) is 0 Å². The van der Waals surface area contributed by atoms with Gasteiger partial charge in [0.2, 0.25) is 0 Å². The van der Waals surface area contributed by atoms with Gasteiger partial charge in [-0.3, -0.25) is 0 Å². The first-order valence-electron chi connectivity index (χ1n) is 7.15. The minimum Gasteiger partial charge on any atom is -0.207 e. The molecule has 0 fully saturated rings. The number of halogens is 1. The summed E-state index contributed by atoms with van der Waals surface area (Å²) >= 11 is 0. The monoisotopic (exact) mass is 272 g/mol. The Morgan fingerprint density at radius 1 is 1.30 bits per heavy atom. The molecule has 0 aliphatic heterocycles. The van der Waals surface area contributed by atoms with E-state index in [2.05, 4.69) is 27.0 Å². The van der Waals surface area contributed by atoms with Crippen molar-refractivity contribution in [2.45, 2.75) is 40.0 Å². The Hall–Kier alpha value is -1.63. The average Bonchev–Trinajstić information content (AvgIpc) is 2.40. The summed E-state index contributed by atoms with van der Waals surface area (Å²) in [6.45, 7) is 16.3. The van der Waals surface area contributed by atoms with Gasteiger partial charge in [-0.05, 0) is 55.4 Å². The lowest BCUT2D eigenvalue weighted by Gasteiger charge is -2.25. The van der Waals surface area contributed by atoms with Crippen molar-refractivity contribution in [3.63, 3.8) is 0 Å². The molecule has 1 aromatic carbocycles. The van der Waals surface area contributed by atoms with Gasteiger partial charge in [-0.15, -0.1) is 0 Å². The highest BCUT2D eigenvalue weighted by Gasteiger charge is 2.21. The first-order chi connectivity index (χ1) is 9.36. The van der Waals surface area contributed by atoms with Gasteiger partial charge in [0.05, 0.1) is 0 Å². The molecule has 2 unspecified atom stereocenters. The summed E-state index contributed by atoms with van der Waals surface area (Å²) in [6, 6.07) is 5.04. The molecule has 0 heterocycles. The Morgan fingerprint density at radius 2 is 1.95 bits per heavy atom. The third kappa shape index (κ3) is 4.19. The van der Waals surface area contributed by atoms with Crippen molar-refractivity contribution < 1.29 is 4.39 Å². The van der Waals surface area contributed by atoms with Crippen LogP contribution in [0.2, 0.25) is 0 Å².